The number of anilines is 2. The van der Waals surface area contributed by atoms with Crippen molar-refractivity contribution < 1.29 is 9.59 Å². The molecule has 3 rings (SSSR count). The van der Waals surface area contributed by atoms with E-state index in [0.717, 1.165) is 32.4 Å². The first kappa shape index (κ1) is 17.6. The summed E-state index contributed by atoms with van der Waals surface area (Å²) in [5.41, 5.74) is 6.09. The number of nitrogens with one attached hydrogen (secondary N) is 3. The van der Waals surface area contributed by atoms with Gasteiger partial charge in [-0.3, -0.25) is 4.79 Å². The zero-order valence-corrected chi connectivity index (χ0v) is 13.7. The van der Waals surface area contributed by atoms with E-state index in [-0.39, 0.29) is 23.7 Å². The van der Waals surface area contributed by atoms with Gasteiger partial charge in [-0.1, -0.05) is 18.9 Å². The second-order valence-corrected chi connectivity index (χ2v) is 6.25. The molecule has 2 fully saturated rings. The van der Waals surface area contributed by atoms with Crippen molar-refractivity contribution in [3.63, 3.8) is 0 Å². The molecule has 23 heavy (non-hydrogen) atoms. The number of urea groups is 1. The highest BCUT2D eigenvalue weighted by Gasteiger charge is 2.49. The molecule has 1 aliphatic heterocycles. The number of fused-ring (bicyclic) bond motifs is 1. The van der Waals surface area contributed by atoms with Crippen LogP contribution in [0, 0.1) is 11.3 Å². The molecule has 7 heteroatoms. The molecule has 1 saturated heterocycles. The van der Waals surface area contributed by atoms with Crippen LogP contribution in [0.2, 0.25) is 0 Å². The Hall–Kier alpha value is -1.79. The minimum Gasteiger partial charge on any atom is -0.351 e. The molecule has 0 spiro atoms. The van der Waals surface area contributed by atoms with Crippen molar-refractivity contribution in [3.05, 3.63) is 24.3 Å². The van der Waals surface area contributed by atoms with E-state index in [1.54, 1.807) is 18.2 Å². The molecule has 1 heterocycles. The number of hydrogen-bond acceptors (Lipinski definition) is 3. The quantitative estimate of drug-likeness (QED) is 0.681. The zero-order chi connectivity index (χ0) is 15.6. The average Bonchev–Trinajstić information content (AvgIpc) is 2.92. The van der Waals surface area contributed by atoms with Crippen LogP contribution in [0.5, 0.6) is 0 Å². The van der Waals surface area contributed by atoms with Crippen molar-refractivity contribution in [3.8, 4) is 0 Å². The summed E-state index contributed by atoms with van der Waals surface area (Å²) in [6.45, 7) is 1.68. The predicted molar refractivity (Wildman–Crippen MR) is 92.8 cm³/mol. The molecule has 0 radical (unpaired) electrons. The van der Waals surface area contributed by atoms with Crippen molar-refractivity contribution in [1.29, 1.82) is 0 Å². The Morgan fingerprint density at radius 1 is 1.22 bits per heavy atom. The summed E-state index contributed by atoms with van der Waals surface area (Å²) in [5.74, 6) is 0.506. The van der Waals surface area contributed by atoms with E-state index in [1.165, 1.54) is 6.42 Å². The SMILES string of the molecule is Cl.NC(=O)Nc1cccc(NC(=O)[C@@]23CCCC[C@H]2CNC3)c1. The summed E-state index contributed by atoms with van der Waals surface area (Å²) in [4.78, 5) is 23.8. The Morgan fingerprint density at radius 2 is 1.96 bits per heavy atom. The molecule has 0 bridgehead atoms. The number of nitrogens with two attached hydrogens (primary N) is 1. The fourth-order valence-electron chi connectivity index (χ4n) is 3.76. The number of rotatable bonds is 3. The van der Waals surface area contributed by atoms with Crippen LogP contribution >= 0.6 is 12.4 Å². The van der Waals surface area contributed by atoms with Gasteiger partial charge in [0.15, 0.2) is 0 Å². The summed E-state index contributed by atoms with van der Waals surface area (Å²) in [6, 6.07) is 6.44. The van der Waals surface area contributed by atoms with Crippen LogP contribution in [0.25, 0.3) is 0 Å². The van der Waals surface area contributed by atoms with Gasteiger partial charge < -0.3 is 21.7 Å². The highest BCUT2D eigenvalue weighted by Crippen LogP contribution is 2.44. The molecular formula is C16H23ClN4O2. The monoisotopic (exact) mass is 338 g/mol. The van der Waals surface area contributed by atoms with Gasteiger partial charge in [0.2, 0.25) is 5.91 Å². The molecule has 1 aromatic rings. The number of halogens is 1. The third-order valence-electron chi connectivity index (χ3n) is 4.88. The Balaban J connectivity index is 0.00000192. The van der Waals surface area contributed by atoms with Gasteiger partial charge in [0.05, 0.1) is 5.41 Å². The van der Waals surface area contributed by atoms with Gasteiger partial charge in [-0.05, 0) is 43.5 Å². The van der Waals surface area contributed by atoms with Crippen molar-refractivity contribution >= 4 is 35.7 Å². The maximum Gasteiger partial charge on any atom is 0.316 e. The van der Waals surface area contributed by atoms with Gasteiger partial charge in [0.1, 0.15) is 0 Å². The van der Waals surface area contributed by atoms with Crippen LogP contribution in [0.4, 0.5) is 16.2 Å². The molecule has 0 unspecified atom stereocenters. The first-order valence-electron chi connectivity index (χ1n) is 7.79. The van der Waals surface area contributed by atoms with Crippen LogP contribution in [0.1, 0.15) is 25.7 Å². The largest absolute Gasteiger partial charge is 0.351 e. The Morgan fingerprint density at radius 3 is 2.70 bits per heavy atom. The number of carbonyl (C=O) groups is 2. The third-order valence-corrected chi connectivity index (χ3v) is 4.88. The lowest BCUT2D eigenvalue weighted by Gasteiger charge is -2.37. The van der Waals surface area contributed by atoms with Gasteiger partial charge in [0, 0.05) is 17.9 Å². The fraction of sp³-hybridized carbons (Fsp3) is 0.500. The van der Waals surface area contributed by atoms with Gasteiger partial charge >= 0.3 is 6.03 Å². The molecular weight excluding hydrogens is 316 g/mol. The molecule has 6 nitrogen and oxygen atoms in total. The second kappa shape index (κ2) is 7.19. The van der Waals surface area contributed by atoms with E-state index in [9.17, 15) is 9.59 Å². The van der Waals surface area contributed by atoms with Crippen molar-refractivity contribution in [2.45, 2.75) is 25.7 Å². The molecule has 2 aliphatic rings. The van der Waals surface area contributed by atoms with E-state index < -0.39 is 6.03 Å². The van der Waals surface area contributed by atoms with Crippen molar-refractivity contribution in [1.82, 2.24) is 5.32 Å². The van der Waals surface area contributed by atoms with E-state index in [1.807, 2.05) is 6.07 Å². The highest BCUT2D eigenvalue weighted by molar-refractivity contribution is 5.97. The molecule has 1 saturated carbocycles. The first-order chi connectivity index (χ1) is 10.6. The summed E-state index contributed by atoms with van der Waals surface area (Å²) in [6.07, 6.45) is 4.37. The lowest BCUT2D eigenvalue weighted by molar-refractivity contribution is -0.128. The second-order valence-electron chi connectivity index (χ2n) is 6.25. The van der Waals surface area contributed by atoms with Crippen LogP contribution < -0.4 is 21.7 Å². The number of primary amides is 1. The smallest absolute Gasteiger partial charge is 0.316 e. The lowest BCUT2D eigenvalue weighted by Crippen LogP contribution is -2.44. The predicted octanol–water partition coefficient (Wildman–Crippen LogP) is 2.32. The van der Waals surface area contributed by atoms with E-state index in [2.05, 4.69) is 16.0 Å². The van der Waals surface area contributed by atoms with Crippen LogP contribution in [-0.4, -0.2) is 25.0 Å². The summed E-state index contributed by atoms with van der Waals surface area (Å²) < 4.78 is 0. The zero-order valence-electron chi connectivity index (χ0n) is 12.9. The van der Waals surface area contributed by atoms with Crippen molar-refractivity contribution in [2.24, 2.45) is 17.1 Å². The normalized spacial score (nSPS) is 25.8. The number of benzene rings is 1. The first-order valence-corrected chi connectivity index (χ1v) is 7.79. The molecule has 2 atom stereocenters. The highest BCUT2D eigenvalue weighted by atomic mass is 35.5. The third kappa shape index (κ3) is 3.59. The maximum atomic E-state index is 12.8. The van der Waals surface area contributed by atoms with Crippen molar-refractivity contribution in [2.75, 3.05) is 23.7 Å². The summed E-state index contributed by atoms with van der Waals surface area (Å²) in [5, 5.41) is 8.91. The van der Waals surface area contributed by atoms with Gasteiger partial charge in [0.25, 0.3) is 0 Å². The summed E-state index contributed by atoms with van der Waals surface area (Å²) >= 11 is 0. The van der Waals surface area contributed by atoms with Gasteiger partial charge in [-0.25, -0.2) is 4.79 Å². The Bertz CT molecular complexity index is 595. The fourth-order valence-corrected chi connectivity index (χ4v) is 3.76. The van der Waals surface area contributed by atoms with E-state index in [0.29, 0.717) is 17.3 Å². The number of carbonyl (C=O) groups excluding carboxylic acids is 2. The molecule has 1 aliphatic carbocycles. The Labute approximate surface area is 142 Å². The number of hydrogen-bond donors (Lipinski definition) is 4. The Kier molecular flexibility index (Phi) is 5.49. The van der Waals surface area contributed by atoms with E-state index in [4.69, 9.17) is 5.73 Å². The lowest BCUT2D eigenvalue weighted by atomic mass is 9.67. The van der Waals surface area contributed by atoms with E-state index >= 15 is 0 Å². The molecule has 5 N–H and O–H groups in total. The molecule has 126 valence electrons. The minimum absolute atomic E-state index is 0. The summed E-state index contributed by atoms with van der Waals surface area (Å²) in [7, 11) is 0. The molecule has 1 aromatic carbocycles. The standard InChI is InChI=1S/C16H22N4O2.ClH/c17-15(22)20-13-6-3-5-12(8-13)19-14(21)16-7-2-1-4-11(16)9-18-10-16;/h3,5-6,8,11,18H,1-2,4,7,9-10H2,(H,19,21)(H3,17,20,22);1H/t11-,16+;/m0./s1. The van der Waals surface area contributed by atoms with Gasteiger partial charge in [-0.15, -0.1) is 12.4 Å². The maximum absolute atomic E-state index is 12.8. The van der Waals surface area contributed by atoms with Crippen LogP contribution in [0.3, 0.4) is 0 Å². The number of amides is 3. The van der Waals surface area contributed by atoms with Crippen LogP contribution in [-0.2, 0) is 4.79 Å². The van der Waals surface area contributed by atoms with Gasteiger partial charge in [-0.2, -0.15) is 0 Å². The average molecular weight is 339 g/mol. The molecule has 0 aromatic heterocycles. The topological polar surface area (TPSA) is 96.2 Å². The van der Waals surface area contributed by atoms with Crippen LogP contribution in [0.15, 0.2) is 24.3 Å². The minimum atomic E-state index is -0.616. The molecule has 3 amide bonds.